The van der Waals surface area contributed by atoms with Gasteiger partial charge in [-0.1, -0.05) is 173 Å². The molecule has 2 aliphatic rings. The minimum atomic E-state index is -0.269. The maximum atomic E-state index is 2.55. The second-order valence-corrected chi connectivity index (χ2v) is 17.5. The van der Waals surface area contributed by atoms with Crippen LogP contribution in [0.4, 0.5) is 17.1 Å². The summed E-state index contributed by atoms with van der Waals surface area (Å²) in [5, 5.41) is 2.66. The summed E-state index contributed by atoms with van der Waals surface area (Å²) < 4.78 is 2.68. The average Bonchev–Trinajstić information content (AvgIpc) is 3.82. The van der Waals surface area contributed by atoms with Gasteiger partial charge in [0.25, 0.3) is 0 Å². The van der Waals surface area contributed by atoms with Gasteiger partial charge in [-0.15, -0.1) is 11.3 Å². The van der Waals surface area contributed by atoms with Crippen molar-refractivity contribution in [3.63, 3.8) is 0 Å². The summed E-state index contributed by atoms with van der Waals surface area (Å²) in [6.45, 7) is 9.76. The Hall–Kier alpha value is -6.22. The van der Waals surface area contributed by atoms with Gasteiger partial charge in [0.1, 0.15) is 0 Å². The summed E-state index contributed by atoms with van der Waals surface area (Å²) >= 11 is 1.90. The fourth-order valence-electron chi connectivity index (χ4n) is 10.1. The highest BCUT2D eigenvalue weighted by molar-refractivity contribution is 7.26. The zero-order chi connectivity index (χ0) is 37.8. The van der Waals surface area contributed by atoms with Gasteiger partial charge in [0.15, 0.2) is 0 Å². The Morgan fingerprint density at radius 2 is 0.857 bits per heavy atom. The van der Waals surface area contributed by atoms with Crippen molar-refractivity contribution in [3.8, 4) is 44.5 Å². The highest BCUT2D eigenvalue weighted by Crippen LogP contribution is 2.66. The van der Waals surface area contributed by atoms with Crippen molar-refractivity contribution >= 4 is 48.6 Å². The van der Waals surface area contributed by atoms with Crippen LogP contribution in [0.1, 0.15) is 49.9 Å². The molecule has 0 saturated carbocycles. The molecule has 0 atom stereocenters. The van der Waals surface area contributed by atoms with Crippen LogP contribution in [0.15, 0.2) is 176 Å². The van der Waals surface area contributed by atoms with Crippen LogP contribution in [0.25, 0.3) is 64.7 Å². The molecule has 2 heteroatoms. The molecule has 11 rings (SSSR count). The van der Waals surface area contributed by atoms with Gasteiger partial charge in [-0.2, -0.15) is 0 Å². The summed E-state index contributed by atoms with van der Waals surface area (Å²) in [5.41, 5.74) is 19.1. The lowest BCUT2D eigenvalue weighted by Gasteiger charge is -2.38. The predicted octanol–water partition coefficient (Wildman–Crippen LogP) is 15.5. The van der Waals surface area contributed by atoms with E-state index in [1.54, 1.807) is 0 Å². The zero-order valence-electron chi connectivity index (χ0n) is 32.1. The number of anilines is 3. The van der Waals surface area contributed by atoms with E-state index in [4.69, 9.17) is 0 Å². The van der Waals surface area contributed by atoms with Crippen molar-refractivity contribution in [1.82, 2.24) is 0 Å². The van der Waals surface area contributed by atoms with Crippen LogP contribution in [-0.4, -0.2) is 0 Å². The third kappa shape index (κ3) is 4.60. The van der Waals surface area contributed by atoms with E-state index in [0.717, 1.165) is 11.4 Å². The Labute approximate surface area is 333 Å². The predicted molar refractivity (Wildman–Crippen MR) is 240 cm³/mol. The minimum absolute atomic E-state index is 0.269. The molecular weight excluding hydrogens is 695 g/mol. The van der Waals surface area contributed by atoms with E-state index >= 15 is 0 Å². The molecule has 0 unspecified atom stereocenters. The molecule has 0 bridgehead atoms. The Morgan fingerprint density at radius 1 is 0.393 bits per heavy atom. The van der Waals surface area contributed by atoms with Gasteiger partial charge in [-0.3, -0.25) is 0 Å². The number of benzene rings is 8. The maximum absolute atomic E-state index is 2.55. The number of fused-ring (bicyclic) bond motifs is 9. The monoisotopic (exact) mass is 735 g/mol. The number of para-hydroxylation sites is 2. The number of hydrogen-bond acceptors (Lipinski definition) is 2. The highest BCUT2D eigenvalue weighted by Gasteiger charge is 2.48. The lowest BCUT2D eigenvalue weighted by Crippen LogP contribution is -2.26. The van der Waals surface area contributed by atoms with Crippen LogP contribution in [0.5, 0.6) is 0 Å². The molecule has 0 amide bonds. The lowest BCUT2D eigenvalue weighted by molar-refractivity contribution is 0.640. The van der Waals surface area contributed by atoms with E-state index in [9.17, 15) is 0 Å². The minimum Gasteiger partial charge on any atom is -0.310 e. The molecule has 8 aromatic carbocycles. The smallest absolute Gasteiger partial charge is 0.0556 e. The number of thiophene rings is 1. The molecule has 56 heavy (non-hydrogen) atoms. The molecular formula is C54H41NS. The standard InChI is InChI=1S/C54H41NS/c1-53(2)43-27-14-11-23-41(43)47-46(35-32-30-34(31-33-35)38-25-17-26-40-39-22-13-16-29-45(39)56-52(38)40)48-42-24-12-15-28-44(42)54(3,4)50(48)51(49(47)53)55(36-18-7-5-8-19-36)37-20-9-6-10-21-37/h5-33H,1-4H3. The SMILES string of the molecule is CC1(C)c2ccccc2-c2c(-c3ccc(-c4cccc5c4sc4ccccc45)cc3)c3c(c(N(c4ccccc4)c4ccccc4)c21)C(C)(C)c1ccccc1-3. The summed E-state index contributed by atoms with van der Waals surface area (Å²) in [6, 6.07) is 65.4. The van der Waals surface area contributed by atoms with Crippen LogP contribution < -0.4 is 4.90 Å². The van der Waals surface area contributed by atoms with E-state index < -0.39 is 0 Å². The first-order valence-electron chi connectivity index (χ1n) is 19.7. The van der Waals surface area contributed by atoms with E-state index in [-0.39, 0.29) is 10.8 Å². The number of rotatable bonds is 5. The zero-order valence-corrected chi connectivity index (χ0v) is 32.9. The topological polar surface area (TPSA) is 3.24 Å². The first-order chi connectivity index (χ1) is 27.3. The lowest BCUT2D eigenvalue weighted by atomic mass is 9.73. The summed E-state index contributed by atoms with van der Waals surface area (Å²) in [5.74, 6) is 0. The van der Waals surface area contributed by atoms with E-state index in [1.165, 1.54) is 92.6 Å². The molecule has 9 aromatic rings. The third-order valence-corrected chi connectivity index (χ3v) is 13.8. The maximum Gasteiger partial charge on any atom is 0.0556 e. The first kappa shape index (κ1) is 33.1. The normalized spacial score (nSPS) is 14.4. The molecule has 1 aromatic heterocycles. The van der Waals surface area contributed by atoms with Gasteiger partial charge in [0.05, 0.1) is 5.69 Å². The number of nitrogens with zero attached hydrogens (tertiary/aromatic N) is 1. The highest BCUT2D eigenvalue weighted by atomic mass is 32.1. The van der Waals surface area contributed by atoms with Crippen LogP contribution in [0.3, 0.4) is 0 Å². The molecule has 0 spiro atoms. The van der Waals surface area contributed by atoms with E-state index in [0.29, 0.717) is 0 Å². The van der Waals surface area contributed by atoms with Gasteiger partial charge in [-0.05, 0) is 97.1 Å². The second kappa shape index (κ2) is 12.1. The Bertz CT molecular complexity index is 2880. The van der Waals surface area contributed by atoms with Crippen LogP contribution in [0.2, 0.25) is 0 Å². The van der Waals surface area contributed by atoms with Crippen molar-refractivity contribution in [2.75, 3.05) is 4.90 Å². The molecule has 0 aliphatic heterocycles. The molecule has 0 radical (unpaired) electrons. The van der Waals surface area contributed by atoms with Gasteiger partial charge >= 0.3 is 0 Å². The first-order valence-corrected chi connectivity index (χ1v) is 20.5. The van der Waals surface area contributed by atoms with Crippen molar-refractivity contribution < 1.29 is 0 Å². The van der Waals surface area contributed by atoms with Crippen molar-refractivity contribution in [2.24, 2.45) is 0 Å². The number of hydrogen-bond donors (Lipinski definition) is 0. The molecule has 0 fully saturated rings. The fraction of sp³-hybridized carbons (Fsp3) is 0.111. The Kier molecular flexibility index (Phi) is 7.18. The molecule has 1 heterocycles. The van der Waals surface area contributed by atoms with Crippen LogP contribution in [0, 0.1) is 0 Å². The third-order valence-electron chi connectivity index (χ3n) is 12.6. The average molecular weight is 736 g/mol. The quantitative estimate of drug-likeness (QED) is 0.170. The van der Waals surface area contributed by atoms with Crippen molar-refractivity contribution in [2.45, 2.75) is 38.5 Å². The Balaban J connectivity index is 1.25. The summed E-state index contributed by atoms with van der Waals surface area (Å²) in [7, 11) is 0. The molecule has 0 saturated heterocycles. The Morgan fingerprint density at radius 3 is 1.45 bits per heavy atom. The largest absolute Gasteiger partial charge is 0.310 e. The molecule has 2 aliphatic carbocycles. The van der Waals surface area contributed by atoms with Crippen molar-refractivity contribution in [1.29, 1.82) is 0 Å². The second-order valence-electron chi connectivity index (χ2n) is 16.4. The van der Waals surface area contributed by atoms with Gasteiger partial charge in [0, 0.05) is 42.4 Å². The van der Waals surface area contributed by atoms with Gasteiger partial charge < -0.3 is 4.90 Å². The van der Waals surface area contributed by atoms with Crippen molar-refractivity contribution in [3.05, 3.63) is 198 Å². The fourth-order valence-corrected chi connectivity index (χ4v) is 11.4. The van der Waals surface area contributed by atoms with E-state index in [2.05, 4.69) is 209 Å². The summed E-state index contributed by atoms with van der Waals surface area (Å²) in [4.78, 5) is 2.55. The van der Waals surface area contributed by atoms with Gasteiger partial charge in [0.2, 0.25) is 0 Å². The summed E-state index contributed by atoms with van der Waals surface area (Å²) in [6.07, 6.45) is 0. The van der Waals surface area contributed by atoms with Gasteiger partial charge in [-0.25, -0.2) is 0 Å². The molecule has 0 N–H and O–H groups in total. The van der Waals surface area contributed by atoms with Crippen LogP contribution >= 0.6 is 11.3 Å². The van der Waals surface area contributed by atoms with Crippen LogP contribution in [-0.2, 0) is 10.8 Å². The molecule has 268 valence electrons. The molecule has 1 nitrogen and oxygen atoms in total. The van der Waals surface area contributed by atoms with E-state index in [1.807, 2.05) is 11.3 Å².